The number of aliphatic hydroxyl groups is 1. The second kappa shape index (κ2) is 60.8. The van der Waals surface area contributed by atoms with Crippen molar-refractivity contribution in [2.75, 3.05) is 39.6 Å². The SMILES string of the molecule is CCCCCC/C=C\C=C/CCCCCCCC(=O)O[C@H](COC(=O)CCCCCCCCCCC(C)CC)COP(=O)(O)OC[C@@H](O)COP(=O)(O)OC[C@@H](COC(=O)CCCCCCCCCCCC)OC(=O)CCCCCCCCCCC(C)C. The largest absolute Gasteiger partial charge is 0.472 e. The van der Waals surface area contributed by atoms with Crippen LogP contribution in [0.1, 0.15) is 324 Å². The van der Waals surface area contributed by atoms with Crippen molar-refractivity contribution in [2.45, 2.75) is 342 Å². The van der Waals surface area contributed by atoms with E-state index in [9.17, 15) is 43.2 Å². The summed E-state index contributed by atoms with van der Waals surface area (Å²) in [7, 11) is -9.91. The summed E-state index contributed by atoms with van der Waals surface area (Å²) in [5, 5.41) is 10.6. The van der Waals surface area contributed by atoms with E-state index in [1.165, 1.54) is 128 Å². The average Bonchev–Trinajstić information content (AvgIpc) is 3.60. The van der Waals surface area contributed by atoms with E-state index in [4.69, 9.17) is 37.0 Å². The minimum atomic E-state index is -4.96. The van der Waals surface area contributed by atoms with Crippen molar-refractivity contribution >= 4 is 39.5 Å². The van der Waals surface area contributed by atoms with Crippen LogP contribution in [0.15, 0.2) is 24.3 Å². The molecule has 0 amide bonds. The molecule has 3 unspecified atom stereocenters. The van der Waals surface area contributed by atoms with Crippen LogP contribution >= 0.6 is 15.6 Å². The maximum absolute atomic E-state index is 13.0. The summed E-state index contributed by atoms with van der Waals surface area (Å²) in [4.78, 5) is 72.4. The molecule has 3 N–H and O–H groups in total. The molecule has 0 rings (SSSR count). The van der Waals surface area contributed by atoms with Crippen molar-refractivity contribution in [3.05, 3.63) is 24.3 Å². The molecule has 6 atom stereocenters. The molecule has 0 aromatic carbocycles. The van der Waals surface area contributed by atoms with E-state index in [1.807, 2.05) is 0 Å². The van der Waals surface area contributed by atoms with Crippen LogP contribution < -0.4 is 0 Å². The Morgan fingerprint density at radius 2 is 0.670 bits per heavy atom. The quantitative estimate of drug-likeness (QED) is 0.0169. The third kappa shape index (κ3) is 61.1. The number of unbranched alkanes of at least 4 members (excludes halogenated alkanes) is 32. The highest BCUT2D eigenvalue weighted by Gasteiger charge is 2.30. The highest BCUT2D eigenvalue weighted by molar-refractivity contribution is 7.47. The summed E-state index contributed by atoms with van der Waals surface area (Å²) in [6.45, 7) is 9.42. The lowest BCUT2D eigenvalue weighted by molar-refractivity contribution is -0.161. The molecule has 0 aromatic heterocycles. The van der Waals surface area contributed by atoms with Crippen molar-refractivity contribution in [3.8, 4) is 0 Å². The highest BCUT2D eigenvalue weighted by Crippen LogP contribution is 2.45. The Bertz CT molecular complexity index is 1810. The number of rotatable bonds is 66. The molecule has 0 aliphatic heterocycles. The number of hydrogen-bond acceptors (Lipinski definition) is 15. The van der Waals surface area contributed by atoms with Gasteiger partial charge in [-0.1, -0.05) is 271 Å². The Morgan fingerprint density at radius 3 is 1.02 bits per heavy atom. The molecule has 0 aliphatic carbocycles. The molecule has 17 nitrogen and oxygen atoms in total. The van der Waals surface area contributed by atoms with Gasteiger partial charge in [0.2, 0.25) is 0 Å². The summed E-state index contributed by atoms with van der Waals surface area (Å²) in [5.74, 6) is -0.667. The molecule has 0 aliphatic rings. The number of ether oxygens (including phenoxy) is 4. The number of allylic oxidation sites excluding steroid dienone is 4. The van der Waals surface area contributed by atoms with E-state index < -0.39 is 97.5 Å². The van der Waals surface area contributed by atoms with E-state index in [-0.39, 0.29) is 25.7 Å². The number of carbonyl (C=O) groups is 4. The first-order valence-corrected chi connectivity index (χ1v) is 38.3. The van der Waals surface area contributed by atoms with E-state index in [0.29, 0.717) is 25.7 Å². The van der Waals surface area contributed by atoms with E-state index in [1.54, 1.807) is 0 Å². The molecule has 0 heterocycles. The van der Waals surface area contributed by atoms with Gasteiger partial charge in [-0.15, -0.1) is 0 Å². The lowest BCUT2D eigenvalue weighted by atomic mass is 9.99. The molecule has 0 saturated carbocycles. The summed E-state index contributed by atoms with van der Waals surface area (Å²) in [6, 6.07) is 0. The Labute approximate surface area is 535 Å². The van der Waals surface area contributed by atoms with Gasteiger partial charge in [0.05, 0.1) is 26.4 Å². The van der Waals surface area contributed by atoms with E-state index in [2.05, 4.69) is 65.8 Å². The van der Waals surface area contributed by atoms with Gasteiger partial charge in [-0.25, -0.2) is 9.13 Å². The van der Waals surface area contributed by atoms with Gasteiger partial charge in [0.1, 0.15) is 19.3 Å². The minimum Gasteiger partial charge on any atom is -0.462 e. The standard InChI is InChI=1S/C69H130O17P2/c1-7-10-12-14-16-18-20-21-22-23-24-26-35-41-47-53-68(73)85-64(58-80-67(72)52-46-40-34-30-28-32-38-44-50-62(6)9-3)59-83-87(75,76)81-55-63(70)56-82-88(77,78)84-60-65(57-79-66(71)51-45-39-33-25-19-17-15-13-11-8-2)86-69(74)54-48-42-36-29-27-31-37-43-49-61(4)5/h18,20-22,61-65,70H,7-17,19,23-60H2,1-6H3,(H,75,76)(H,77,78)/b20-18-,22-21-/t62?,63-,64-,65-/m1/s1. The third-order valence-electron chi connectivity index (χ3n) is 15.7. The molecule has 88 heavy (non-hydrogen) atoms. The van der Waals surface area contributed by atoms with Crippen LogP contribution in [0.25, 0.3) is 0 Å². The van der Waals surface area contributed by atoms with Crippen LogP contribution in [0.3, 0.4) is 0 Å². The molecule has 0 spiro atoms. The van der Waals surface area contributed by atoms with Gasteiger partial charge in [-0.2, -0.15) is 0 Å². The van der Waals surface area contributed by atoms with Gasteiger partial charge in [0.15, 0.2) is 12.2 Å². The molecular formula is C69H130O17P2. The zero-order chi connectivity index (χ0) is 65.0. The summed E-state index contributed by atoms with van der Waals surface area (Å²) < 4.78 is 68.2. The maximum Gasteiger partial charge on any atom is 0.472 e. The lowest BCUT2D eigenvalue weighted by Crippen LogP contribution is -2.30. The monoisotopic (exact) mass is 1290 g/mol. The molecule has 0 saturated heterocycles. The molecule has 0 radical (unpaired) electrons. The Hall–Kier alpha value is -2.46. The number of hydrogen-bond donors (Lipinski definition) is 3. The van der Waals surface area contributed by atoms with Gasteiger partial charge in [0, 0.05) is 25.7 Å². The molecule has 0 fully saturated rings. The molecule has 518 valence electrons. The zero-order valence-corrected chi connectivity index (χ0v) is 58.3. The van der Waals surface area contributed by atoms with Crippen molar-refractivity contribution in [2.24, 2.45) is 11.8 Å². The van der Waals surface area contributed by atoms with Crippen LogP contribution in [0, 0.1) is 11.8 Å². The number of aliphatic hydroxyl groups excluding tert-OH is 1. The summed E-state index contributed by atoms with van der Waals surface area (Å²) in [5.41, 5.74) is 0. The molecule has 0 bridgehead atoms. The summed E-state index contributed by atoms with van der Waals surface area (Å²) >= 11 is 0. The Kier molecular flexibility index (Phi) is 59.1. The van der Waals surface area contributed by atoms with Crippen molar-refractivity contribution in [3.63, 3.8) is 0 Å². The summed E-state index contributed by atoms with van der Waals surface area (Å²) in [6.07, 6.45) is 48.0. The van der Waals surface area contributed by atoms with Gasteiger partial charge in [-0.3, -0.25) is 37.3 Å². The van der Waals surface area contributed by atoms with E-state index in [0.717, 1.165) is 115 Å². The van der Waals surface area contributed by atoms with Crippen LogP contribution in [0.5, 0.6) is 0 Å². The Morgan fingerprint density at radius 1 is 0.375 bits per heavy atom. The first-order valence-electron chi connectivity index (χ1n) is 35.3. The average molecular weight is 1290 g/mol. The second-order valence-corrected chi connectivity index (χ2v) is 27.9. The maximum atomic E-state index is 13.0. The number of phosphoric ester groups is 2. The number of esters is 4. The van der Waals surface area contributed by atoms with Gasteiger partial charge in [-0.05, 0) is 63.2 Å². The highest BCUT2D eigenvalue weighted by atomic mass is 31.2. The lowest BCUT2D eigenvalue weighted by Gasteiger charge is -2.21. The number of phosphoric acid groups is 2. The van der Waals surface area contributed by atoms with Crippen molar-refractivity contribution in [1.82, 2.24) is 0 Å². The van der Waals surface area contributed by atoms with Crippen molar-refractivity contribution < 1.29 is 80.2 Å². The molecular weight excluding hydrogens is 1160 g/mol. The fourth-order valence-corrected chi connectivity index (χ4v) is 11.4. The topological polar surface area (TPSA) is 237 Å². The zero-order valence-electron chi connectivity index (χ0n) is 56.5. The van der Waals surface area contributed by atoms with E-state index >= 15 is 0 Å². The Balaban J connectivity index is 5.29. The molecule has 0 aromatic rings. The predicted molar refractivity (Wildman–Crippen MR) is 354 cm³/mol. The fourth-order valence-electron chi connectivity index (χ4n) is 9.84. The fraction of sp³-hybridized carbons (Fsp3) is 0.884. The number of carbonyl (C=O) groups excluding carboxylic acids is 4. The normalized spacial score (nSPS) is 14.7. The third-order valence-corrected chi connectivity index (χ3v) is 17.6. The van der Waals surface area contributed by atoms with Gasteiger partial charge in [0.25, 0.3) is 0 Å². The van der Waals surface area contributed by atoms with Gasteiger partial charge >= 0.3 is 39.5 Å². The molecule has 19 heteroatoms. The minimum absolute atomic E-state index is 0.0843. The first kappa shape index (κ1) is 85.5. The van der Waals surface area contributed by atoms with Gasteiger partial charge < -0.3 is 33.8 Å². The van der Waals surface area contributed by atoms with Crippen LogP contribution in [0.4, 0.5) is 0 Å². The second-order valence-electron chi connectivity index (χ2n) is 24.9. The smallest absolute Gasteiger partial charge is 0.462 e. The van der Waals surface area contributed by atoms with Crippen LogP contribution in [0.2, 0.25) is 0 Å². The van der Waals surface area contributed by atoms with Crippen LogP contribution in [-0.4, -0.2) is 96.7 Å². The van der Waals surface area contributed by atoms with Crippen LogP contribution in [-0.2, 0) is 65.4 Å². The first-order chi connectivity index (χ1) is 42.4. The predicted octanol–water partition coefficient (Wildman–Crippen LogP) is 19.2. The van der Waals surface area contributed by atoms with Crippen molar-refractivity contribution in [1.29, 1.82) is 0 Å².